The van der Waals surface area contributed by atoms with Gasteiger partial charge in [0, 0.05) is 30.8 Å². The number of fused-ring (bicyclic) bond motifs is 1. The first-order valence-corrected chi connectivity index (χ1v) is 10.9. The highest BCUT2D eigenvalue weighted by Crippen LogP contribution is 2.33. The lowest BCUT2D eigenvalue weighted by Gasteiger charge is -2.12. The van der Waals surface area contributed by atoms with E-state index in [9.17, 15) is 4.79 Å². The lowest BCUT2D eigenvalue weighted by Crippen LogP contribution is -2.08. The molecule has 4 rings (SSSR count). The molecule has 0 unspecified atom stereocenters. The summed E-state index contributed by atoms with van der Waals surface area (Å²) in [6, 6.07) is 21.8. The van der Waals surface area contributed by atoms with Crippen LogP contribution in [0.5, 0.6) is 11.5 Å². The fourth-order valence-corrected chi connectivity index (χ4v) is 3.79. The number of nitrogens with one attached hydrogen (secondary N) is 1. The van der Waals surface area contributed by atoms with E-state index in [2.05, 4.69) is 27.4 Å². The maximum atomic E-state index is 12.4. The molecule has 0 atom stereocenters. The van der Waals surface area contributed by atoms with Crippen LogP contribution in [0, 0.1) is 0 Å². The smallest absolute Gasteiger partial charge is 0.162 e. The van der Waals surface area contributed by atoms with Gasteiger partial charge in [0.25, 0.3) is 0 Å². The van der Waals surface area contributed by atoms with Crippen molar-refractivity contribution in [1.82, 2.24) is 9.97 Å². The molecule has 3 aromatic carbocycles. The summed E-state index contributed by atoms with van der Waals surface area (Å²) >= 11 is 0. The SMILES string of the molecule is COc1cc2ncnc(NCCc3ccc(CC(=O)Cc4ccccc4)cc3)c2cc1OC. The highest BCUT2D eigenvalue weighted by Gasteiger charge is 2.11. The molecule has 33 heavy (non-hydrogen) atoms. The van der Waals surface area contributed by atoms with Crippen molar-refractivity contribution in [3.8, 4) is 11.5 Å². The molecule has 0 spiro atoms. The van der Waals surface area contributed by atoms with E-state index >= 15 is 0 Å². The third-order valence-corrected chi connectivity index (χ3v) is 5.52. The Morgan fingerprint density at radius 3 is 2.15 bits per heavy atom. The number of rotatable bonds is 10. The number of ether oxygens (including phenoxy) is 2. The molecule has 0 fully saturated rings. The molecule has 4 aromatic rings. The van der Waals surface area contributed by atoms with Crippen molar-refractivity contribution in [2.75, 3.05) is 26.1 Å². The minimum absolute atomic E-state index is 0.221. The average molecular weight is 442 g/mol. The van der Waals surface area contributed by atoms with Crippen molar-refractivity contribution in [1.29, 1.82) is 0 Å². The van der Waals surface area contributed by atoms with E-state index in [1.165, 1.54) is 11.9 Å². The zero-order valence-electron chi connectivity index (χ0n) is 18.9. The van der Waals surface area contributed by atoms with Crippen LogP contribution >= 0.6 is 0 Å². The number of carbonyl (C=O) groups excluding carboxylic acids is 1. The van der Waals surface area contributed by atoms with E-state index in [4.69, 9.17) is 9.47 Å². The monoisotopic (exact) mass is 441 g/mol. The number of carbonyl (C=O) groups is 1. The fourth-order valence-electron chi connectivity index (χ4n) is 3.79. The van der Waals surface area contributed by atoms with Gasteiger partial charge in [0.05, 0.1) is 19.7 Å². The van der Waals surface area contributed by atoms with Crippen LogP contribution in [-0.4, -0.2) is 36.5 Å². The lowest BCUT2D eigenvalue weighted by molar-refractivity contribution is -0.117. The number of aromatic nitrogens is 2. The Morgan fingerprint density at radius 1 is 0.818 bits per heavy atom. The Labute approximate surface area is 193 Å². The zero-order chi connectivity index (χ0) is 23.0. The molecule has 0 amide bonds. The Hall–Kier alpha value is -3.93. The highest BCUT2D eigenvalue weighted by atomic mass is 16.5. The molecule has 0 aliphatic rings. The van der Waals surface area contributed by atoms with Gasteiger partial charge in [-0.3, -0.25) is 4.79 Å². The van der Waals surface area contributed by atoms with Crippen LogP contribution in [0.3, 0.4) is 0 Å². The van der Waals surface area contributed by atoms with Gasteiger partial charge >= 0.3 is 0 Å². The summed E-state index contributed by atoms with van der Waals surface area (Å²) in [4.78, 5) is 21.1. The molecule has 0 radical (unpaired) electrons. The van der Waals surface area contributed by atoms with Gasteiger partial charge in [-0.1, -0.05) is 54.6 Å². The Balaban J connectivity index is 1.34. The highest BCUT2D eigenvalue weighted by molar-refractivity contribution is 5.91. The van der Waals surface area contributed by atoms with E-state index in [1.54, 1.807) is 14.2 Å². The van der Waals surface area contributed by atoms with E-state index in [-0.39, 0.29) is 5.78 Å². The van der Waals surface area contributed by atoms with Crippen molar-refractivity contribution in [2.24, 2.45) is 0 Å². The molecular formula is C27H27N3O3. The third kappa shape index (κ3) is 5.66. The van der Waals surface area contributed by atoms with Crippen molar-refractivity contribution in [2.45, 2.75) is 19.3 Å². The minimum atomic E-state index is 0.221. The summed E-state index contributed by atoms with van der Waals surface area (Å²) in [5.74, 6) is 2.25. The van der Waals surface area contributed by atoms with Crippen LogP contribution in [0.1, 0.15) is 16.7 Å². The maximum Gasteiger partial charge on any atom is 0.162 e. The molecule has 1 aromatic heterocycles. The molecule has 1 heterocycles. The van der Waals surface area contributed by atoms with Crippen LogP contribution in [0.25, 0.3) is 10.9 Å². The predicted molar refractivity (Wildman–Crippen MR) is 130 cm³/mol. The molecule has 0 aliphatic heterocycles. The standard InChI is InChI=1S/C27H27N3O3/c1-32-25-16-23-24(17-26(25)33-2)29-18-30-27(23)28-13-12-19-8-10-21(11-9-19)15-22(31)14-20-6-4-3-5-7-20/h3-11,16-18H,12-15H2,1-2H3,(H,28,29,30). The van der Waals surface area contributed by atoms with E-state index in [0.717, 1.165) is 34.3 Å². The molecule has 0 aliphatic carbocycles. The second-order valence-corrected chi connectivity index (χ2v) is 7.82. The van der Waals surface area contributed by atoms with E-state index in [1.807, 2.05) is 54.6 Å². The number of nitrogens with zero attached hydrogens (tertiary/aromatic N) is 2. The topological polar surface area (TPSA) is 73.3 Å². The number of Topliss-reactive ketones (excluding diaryl/α,β-unsaturated/α-hetero) is 1. The summed E-state index contributed by atoms with van der Waals surface area (Å²) in [7, 11) is 3.22. The molecule has 6 nitrogen and oxygen atoms in total. The van der Waals surface area contributed by atoms with Crippen molar-refractivity contribution in [3.63, 3.8) is 0 Å². The number of hydrogen-bond donors (Lipinski definition) is 1. The van der Waals surface area contributed by atoms with Gasteiger partial charge in [0.1, 0.15) is 17.9 Å². The van der Waals surface area contributed by atoms with Crippen LogP contribution in [0.2, 0.25) is 0 Å². The van der Waals surface area contributed by atoms with Crippen LogP contribution in [-0.2, 0) is 24.1 Å². The lowest BCUT2D eigenvalue weighted by atomic mass is 10.0. The van der Waals surface area contributed by atoms with Gasteiger partial charge in [0.2, 0.25) is 0 Å². The number of ketones is 1. The first kappa shape index (κ1) is 22.3. The van der Waals surface area contributed by atoms with Crippen molar-refractivity contribution >= 4 is 22.5 Å². The molecular weight excluding hydrogens is 414 g/mol. The maximum absolute atomic E-state index is 12.4. The van der Waals surface area contributed by atoms with Crippen molar-refractivity contribution < 1.29 is 14.3 Å². The normalized spacial score (nSPS) is 10.7. The number of benzene rings is 3. The summed E-state index contributed by atoms with van der Waals surface area (Å²) in [6.45, 7) is 0.715. The summed E-state index contributed by atoms with van der Waals surface area (Å²) < 4.78 is 10.8. The molecule has 6 heteroatoms. The minimum Gasteiger partial charge on any atom is -0.493 e. The fraction of sp³-hybridized carbons (Fsp3) is 0.222. The van der Waals surface area contributed by atoms with E-state index in [0.29, 0.717) is 30.9 Å². The van der Waals surface area contributed by atoms with Gasteiger partial charge < -0.3 is 14.8 Å². The first-order valence-electron chi connectivity index (χ1n) is 10.9. The van der Waals surface area contributed by atoms with Crippen LogP contribution in [0.4, 0.5) is 5.82 Å². The Morgan fingerprint density at radius 2 is 1.45 bits per heavy atom. The summed E-state index contributed by atoms with van der Waals surface area (Å²) in [5, 5.41) is 4.27. The zero-order valence-corrected chi connectivity index (χ0v) is 18.9. The number of hydrogen-bond acceptors (Lipinski definition) is 6. The predicted octanol–water partition coefficient (Wildman–Crippen LogP) is 4.66. The molecule has 0 bridgehead atoms. The summed E-state index contributed by atoms with van der Waals surface area (Å²) in [5.41, 5.74) is 4.07. The molecule has 0 saturated heterocycles. The van der Waals surface area contributed by atoms with Crippen molar-refractivity contribution in [3.05, 3.63) is 89.7 Å². The first-order chi connectivity index (χ1) is 16.2. The second kappa shape index (κ2) is 10.6. The Bertz CT molecular complexity index is 1220. The van der Waals surface area contributed by atoms with Gasteiger partial charge in [0.15, 0.2) is 11.5 Å². The van der Waals surface area contributed by atoms with Gasteiger partial charge in [-0.25, -0.2) is 9.97 Å². The van der Waals surface area contributed by atoms with Crippen LogP contribution < -0.4 is 14.8 Å². The number of anilines is 1. The molecule has 168 valence electrons. The molecule has 1 N–H and O–H groups in total. The average Bonchev–Trinajstić information content (AvgIpc) is 2.85. The van der Waals surface area contributed by atoms with Crippen LogP contribution in [0.15, 0.2) is 73.1 Å². The number of methoxy groups -OCH3 is 2. The Kier molecular flexibility index (Phi) is 7.15. The largest absolute Gasteiger partial charge is 0.493 e. The summed E-state index contributed by atoms with van der Waals surface area (Å²) in [6.07, 6.45) is 3.29. The molecule has 0 saturated carbocycles. The van der Waals surface area contributed by atoms with Gasteiger partial charge in [-0.2, -0.15) is 0 Å². The quantitative estimate of drug-likeness (QED) is 0.386. The van der Waals surface area contributed by atoms with E-state index < -0.39 is 0 Å². The van der Waals surface area contributed by atoms with Gasteiger partial charge in [-0.05, 0) is 29.2 Å². The third-order valence-electron chi connectivity index (χ3n) is 5.52. The van der Waals surface area contributed by atoms with Gasteiger partial charge in [-0.15, -0.1) is 0 Å². The second-order valence-electron chi connectivity index (χ2n) is 7.82.